The van der Waals surface area contributed by atoms with Crippen molar-refractivity contribution in [1.82, 2.24) is 5.32 Å². The van der Waals surface area contributed by atoms with Crippen molar-refractivity contribution in [3.8, 4) is 0 Å². The molecular weight excluding hydrogens is 178 g/mol. The van der Waals surface area contributed by atoms with Crippen LogP contribution in [0.5, 0.6) is 0 Å². The fourth-order valence-corrected chi connectivity index (χ4v) is 1.03. The van der Waals surface area contributed by atoms with Crippen molar-refractivity contribution in [1.29, 1.82) is 0 Å². The first-order valence-electron chi connectivity index (χ1n) is 3.61. The highest BCUT2D eigenvalue weighted by Gasteiger charge is 2.11. The van der Waals surface area contributed by atoms with E-state index in [1.165, 1.54) is 0 Å². The minimum Gasteiger partial charge on any atom is -0.446 e. The van der Waals surface area contributed by atoms with Gasteiger partial charge < -0.3 is 10.1 Å². The van der Waals surface area contributed by atoms with E-state index in [2.05, 4.69) is 10.1 Å². The summed E-state index contributed by atoms with van der Waals surface area (Å²) >= 11 is 5.24. The molecule has 0 aromatic rings. The molecule has 1 aliphatic heterocycles. The largest absolute Gasteiger partial charge is 0.446 e. The second-order valence-corrected chi connectivity index (χ2v) is 2.67. The van der Waals surface area contributed by atoms with Gasteiger partial charge in [-0.25, -0.2) is 4.79 Å². The van der Waals surface area contributed by atoms with Crippen molar-refractivity contribution in [2.45, 2.75) is 13.0 Å². The predicted octanol–water partition coefficient (Wildman–Crippen LogP) is 1.16. The molecule has 0 aliphatic carbocycles. The number of carbonyl (C=O) groups excluding carboxylic acids is 1. The van der Waals surface area contributed by atoms with Crippen LogP contribution in [0.4, 0.5) is 0 Å². The zero-order chi connectivity index (χ0) is 8.97. The second kappa shape index (κ2) is 4.16. The van der Waals surface area contributed by atoms with E-state index < -0.39 is 0 Å². The van der Waals surface area contributed by atoms with Crippen LogP contribution < -0.4 is 5.32 Å². The highest BCUT2D eigenvalue weighted by atomic mass is 35.5. The standard InChI is InChI=1S/C8H10ClNO2/c1-6-4-7(2-3-10-6)8(11)12-5-9/h2-4,6,10H,5H2,1H3. The maximum Gasteiger partial charge on any atom is 0.339 e. The van der Waals surface area contributed by atoms with Crippen molar-refractivity contribution >= 4 is 17.6 Å². The molecule has 4 heteroatoms. The van der Waals surface area contributed by atoms with Gasteiger partial charge in [0.05, 0.1) is 5.57 Å². The van der Waals surface area contributed by atoms with E-state index >= 15 is 0 Å². The van der Waals surface area contributed by atoms with Gasteiger partial charge in [0, 0.05) is 6.04 Å². The molecule has 3 nitrogen and oxygen atoms in total. The van der Waals surface area contributed by atoms with E-state index in [-0.39, 0.29) is 18.1 Å². The Hall–Kier alpha value is -0.960. The summed E-state index contributed by atoms with van der Waals surface area (Å²) in [4.78, 5) is 11.1. The predicted molar refractivity (Wildman–Crippen MR) is 46.6 cm³/mol. The number of halogens is 1. The van der Waals surface area contributed by atoms with Crippen molar-refractivity contribution < 1.29 is 9.53 Å². The highest BCUT2D eigenvalue weighted by Crippen LogP contribution is 2.06. The van der Waals surface area contributed by atoms with E-state index in [9.17, 15) is 4.79 Å². The summed E-state index contributed by atoms with van der Waals surface area (Å²) in [5.74, 6) is -0.380. The number of esters is 1. The summed E-state index contributed by atoms with van der Waals surface area (Å²) in [6.45, 7) is 1.94. The number of rotatable bonds is 2. The number of alkyl halides is 1. The first-order chi connectivity index (χ1) is 5.74. The van der Waals surface area contributed by atoms with Gasteiger partial charge in [-0.15, -0.1) is 0 Å². The Balaban J connectivity index is 2.61. The molecule has 1 unspecified atom stereocenters. The van der Waals surface area contributed by atoms with Gasteiger partial charge >= 0.3 is 5.97 Å². The Bertz CT molecular complexity index is 235. The fourth-order valence-electron chi connectivity index (χ4n) is 0.932. The summed E-state index contributed by atoms with van der Waals surface area (Å²) in [6, 6.07) is 0.0547. The molecule has 66 valence electrons. The van der Waals surface area contributed by atoms with E-state index in [1.807, 2.05) is 6.92 Å². The zero-order valence-electron chi connectivity index (χ0n) is 6.71. The fraction of sp³-hybridized carbons (Fsp3) is 0.375. The van der Waals surface area contributed by atoms with Crippen LogP contribution in [0.15, 0.2) is 23.9 Å². The molecule has 1 heterocycles. The molecular formula is C8H10ClNO2. The van der Waals surface area contributed by atoms with Crippen LogP contribution in [0.1, 0.15) is 6.92 Å². The van der Waals surface area contributed by atoms with Crippen LogP contribution in [-0.2, 0) is 9.53 Å². The van der Waals surface area contributed by atoms with Gasteiger partial charge in [0.15, 0.2) is 6.07 Å². The Morgan fingerprint density at radius 3 is 3.17 bits per heavy atom. The van der Waals surface area contributed by atoms with Crippen molar-refractivity contribution in [2.24, 2.45) is 0 Å². The first-order valence-corrected chi connectivity index (χ1v) is 4.15. The van der Waals surface area contributed by atoms with E-state index in [1.54, 1.807) is 18.4 Å². The third-order valence-corrected chi connectivity index (χ3v) is 1.58. The Morgan fingerprint density at radius 1 is 1.83 bits per heavy atom. The number of nitrogens with one attached hydrogen (secondary N) is 1. The molecule has 1 rings (SSSR count). The van der Waals surface area contributed by atoms with Crippen molar-refractivity contribution in [3.63, 3.8) is 0 Å². The minimum absolute atomic E-state index is 0.105. The Morgan fingerprint density at radius 2 is 2.58 bits per heavy atom. The van der Waals surface area contributed by atoms with Crippen molar-refractivity contribution in [2.75, 3.05) is 6.07 Å². The molecule has 0 fully saturated rings. The number of carbonyl (C=O) groups is 1. The summed E-state index contributed by atoms with van der Waals surface area (Å²) in [5.41, 5.74) is 0.543. The average molecular weight is 188 g/mol. The van der Waals surface area contributed by atoms with Gasteiger partial charge in [0.25, 0.3) is 0 Å². The van der Waals surface area contributed by atoms with Crippen molar-refractivity contribution in [3.05, 3.63) is 23.9 Å². The number of hydrogen-bond donors (Lipinski definition) is 1. The quantitative estimate of drug-likeness (QED) is 0.521. The summed E-state index contributed by atoms with van der Waals surface area (Å²) in [5, 5.41) is 3.01. The molecule has 0 aromatic carbocycles. The molecule has 1 aliphatic rings. The lowest BCUT2D eigenvalue weighted by Gasteiger charge is -2.13. The third-order valence-electron chi connectivity index (χ3n) is 1.47. The van der Waals surface area contributed by atoms with E-state index in [0.29, 0.717) is 5.57 Å². The van der Waals surface area contributed by atoms with Gasteiger partial charge in [-0.3, -0.25) is 0 Å². The lowest BCUT2D eigenvalue weighted by molar-refractivity contribution is -0.136. The summed E-state index contributed by atoms with van der Waals surface area (Å²) in [6.07, 6.45) is 5.17. The number of dihydropyridines is 1. The van der Waals surface area contributed by atoms with E-state index in [4.69, 9.17) is 11.6 Å². The molecule has 1 N–H and O–H groups in total. The van der Waals surface area contributed by atoms with Gasteiger partial charge in [-0.05, 0) is 25.3 Å². The van der Waals surface area contributed by atoms with Crippen LogP contribution >= 0.6 is 11.6 Å². The molecule has 0 radical (unpaired) electrons. The van der Waals surface area contributed by atoms with Gasteiger partial charge in [-0.1, -0.05) is 11.6 Å². The van der Waals surface area contributed by atoms with Crippen LogP contribution in [0.25, 0.3) is 0 Å². The average Bonchev–Trinajstić information content (AvgIpc) is 2.05. The topological polar surface area (TPSA) is 38.3 Å². The van der Waals surface area contributed by atoms with Crippen LogP contribution in [0.2, 0.25) is 0 Å². The molecule has 0 saturated carbocycles. The lowest BCUT2D eigenvalue weighted by atomic mass is 10.1. The smallest absolute Gasteiger partial charge is 0.339 e. The zero-order valence-corrected chi connectivity index (χ0v) is 7.47. The maximum atomic E-state index is 11.1. The monoisotopic (exact) mass is 187 g/mol. The number of hydrogen-bond acceptors (Lipinski definition) is 3. The van der Waals surface area contributed by atoms with E-state index in [0.717, 1.165) is 0 Å². The normalized spacial score (nSPS) is 21.2. The molecule has 0 saturated heterocycles. The minimum atomic E-state index is -0.380. The summed E-state index contributed by atoms with van der Waals surface area (Å²) in [7, 11) is 0. The Labute approximate surface area is 76.0 Å². The van der Waals surface area contributed by atoms with Gasteiger partial charge in [0.2, 0.25) is 0 Å². The molecule has 0 bridgehead atoms. The van der Waals surface area contributed by atoms with Crippen LogP contribution in [0.3, 0.4) is 0 Å². The SMILES string of the molecule is CC1C=C(C(=O)OCCl)C=CN1. The van der Waals surface area contributed by atoms with Crippen LogP contribution in [-0.4, -0.2) is 18.1 Å². The maximum absolute atomic E-state index is 11.1. The summed E-state index contributed by atoms with van der Waals surface area (Å²) < 4.78 is 4.61. The molecule has 0 amide bonds. The van der Waals surface area contributed by atoms with Crippen LogP contribution in [0, 0.1) is 0 Å². The lowest BCUT2D eigenvalue weighted by Crippen LogP contribution is -2.23. The van der Waals surface area contributed by atoms with Gasteiger partial charge in [-0.2, -0.15) is 0 Å². The first kappa shape index (κ1) is 9.13. The molecule has 0 aromatic heterocycles. The highest BCUT2D eigenvalue weighted by molar-refractivity contribution is 6.17. The number of ether oxygens (including phenoxy) is 1. The molecule has 12 heavy (non-hydrogen) atoms. The second-order valence-electron chi connectivity index (χ2n) is 2.45. The third kappa shape index (κ3) is 2.27. The Kier molecular flexibility index (Phi) is 3.17. The molecule has 0 spiro atoms. The van der Waals surface area contributed by atoms with Gasteiger partial charge in [0.1, 0.15) is 0 Å². The molecule has 1 atom stereocenters.